The van der Waals surface area contributed by atoms with E-state index < -0.39 is 22.8 Å². The molecule has 1 rings (SSSR count). The number of hydrogen-bond donors (Lipinski definition) is 1. The summed E-state index contributed by atoms with van der Waals surface area (Å²) in [5.41, 5.74) is -1.31. The van der Waals surface area contributed by atoms with Gasteiger partial charge in [-0.15, -0.1) is 0 Å². The average Bonchev–Trinajstić information content (AvgIpc) is 2.08. The van der Waals surface area contributed by atoms with E-state index in [1.165, 1.54) is 6.07 Å². The Kier molecular flexibility index (Phi) is 3.55. The van der Waals surface area contributed by atoms with E-state index in [0.29, 0.717) is 5.69 Å². The molecule has 1 N–H and O–H groups in total. The number of aryl methyl sites for hydroxylation is 1. The predicted octanol–water partition coefficient (Wildman–Crippen LogP) is 0.187. The highest BCUT2D eigenvalue weighted by atomic mass is 16.6. The van der Waals surface area contributed by atoms with Crippen molar-refractivity contribution in [3.05, 3.63) is 32.6 Å². The third-order valence-corrected chi connectivity index (χ3v) is 1.86. The SMILES string of the molecule is Cc1cc(=O)n(CC(=O)OC(C)(C)C)c(=O)[nH]1. The van der Waals surface area contributed by atoms with E-state index in [2.05, 4.69) is 4.98 Å². The van der Waals surface area contributed by atoms with Crippen LogP contribution in [0.25, 0.3) is 0 Å². The van der Waals surface area contributed by atoms with Crippen molar-refractivity contribution in [1.82, 2.24) is 9.55 Å². The maximum absolute atomic E-state index is 11.5. The summed E-state index contributed by atoms with van der Waals surface area (Å²) in [5, 5.41) is 0. The Labute approximate surface area is 98.2 Å². The zero-order valence-electron chi connectivity index (χ0n) is 10.4. The summed E-state index contributed by atoms with van der Waals surface area (Å²) in [6.45, 7) is 6.36. The van der Waals surface area contributed by atoms with Gasteiger partial charge in [0, 0.05) is 11.8 Å². The van der Waals surface area contributed by atoms with Gasteiger partial charge >= 0.3 is 11.7 Å². The first-order valence-corrected chi connectivity index (χ1v) is 5.21. The number of nitrogens with zero attached hydrogens (tertiary/aromatic N) is 1. The molecule has 0 spiro atoms. The van der Waals surface area contributed by atoms with Crippen molar-refractivity contribution in [3.63, 3.8) is 0 Å². The molecule has 0 aliphatic heterocycles. The molecule has 1 aromatic rings. The Bertz CT molecular complexity index is 502. The highest BCUT2D eigenvalue weighted by Gasteiger charge is 2.17. The van der Waals surface area contributed by atoms with Gasteiger partial charge in [0.2, 0.25) is 0 Å². The zero-order valence-corrected chi connectivity index (χ0v) is 10.4. The number of H-pyrrole nitrogens is 1. The molecule has 0 amide bonds. The molecule has 0 atom stereocenters. The van der Waals surface area contributed by atoms with Crippen LogP contribution in [0.5, 0.6) is 0 Å². The molecule has 1 aromatic heterocycles. The van der Waals surface area contributed by atoms with Crippen LogP contribution in [-0.4, -0.2) is 21.1 Å². The molecule has 0 radical (unpaired) electrons. The van der Waals surface area contributed by atoms with Crippen molar-refractivity contribution in [3.8, 4) is 0 Å². The fraction of sp³-hybridized carbons (Fsp3) is 0.545. The van der Waals surface area contributed by atoms with Crippen molar-refractivity contribution in [2.45, 2.75) is 39.8 Å². The van der Waals surface area contributed by atoms with Gasteiger partial charge in [0.05, 0.1) is 0 Å². The summed E-state index contributed by atoms with van der Waals surface area (Å²) in [6.07, 6.45) is 0. The van der Waals surface area contributed by atoms with Gasteiger partial charge in [0.25, 0.3) is 5.56 Å². The van der Waals surface area contributed by atoms with Crippen molar-refractivity contribution >= 4 is 5.97 Å². The smallest absolute Gasteiger partial charge is 0.329 e. The van der Waals surface area contributed by atoms with Gasteiger partial charge in [-0.05, 0) is 27.7 Å². The molecule has 0 fully saturated rings. The van der Waals surface area contributed by atoms with Crippen molar-refractivity contribution in [1.29, 1.82) is 0 Å². The Morgan fingerprint density at radius 2 is 2.00 bits per heavy atom. The summed E-state index contributed by atoms with van der Waals surface area (Å²) in [6, 6.07) is 1.26. The Morgan fingerprint density at radius 1 is 1.41 bits per heavy atom. The van der Waals surface area contributed by atoms with Crippen LogP contribution in [0.1, 0.15) is 26.5 Å². The summed E-state index contributed by atoms with van der Waals surface area (Å²) in [5.74, 6) is -0.617. The minimum Gasteiger partial charge on any atom is -0.459 e. The van der Waals surface area contributed by atoms with Gasteiger partial charge in [-0.1, -0.05) is 0 Å². The molecule has 6 nitrogen and oxygen atoms in total. The number of carbonyl (C=O) groups excluding carboxylic acids is 1. The molecule has 94 valence electrons. The monoisotopic (exact) mass is 240 g/mol. The first kappa shape index (κ1) is 13.2. The van der Waals surface area contributed by atoms with E-state index >= 15 is 0 Å². The lowest BCUT2D eigenvalue weighted by Crippen LogP contribution is -2.39. The predicted molar refractivity (Wildman–Crippen MR) is 61.9 cm³/mol. The number of hydrogen-bond acceptors (Lipinski definition) is 4. The maximum atomic E-state index is 11.5. The topological polar surface area (TPSA) is 81.2 Å². The molecule has 0 aliphatic rings. The number of aromatic amines is 1. The molecule has 0 aliphatic carbocycles. The second-order valence-corrected chi connectivity index (χ2v) is 4.77. The van der Waals surface area contributed by atoms with E-state index in [4.69, 9.17) is 4.74 Å². The standard InChI is InChI=1S/C11H16N2O4/c1-7-5-8(14)13(10(16)12-7)6-9(15)17-11(2,3)4/h5H,6H2,1-4H3,(H,12,16). The molecule has 0 unspecified atom stereocenters. The van der Waals surface area contributed by atoms with Crippen LogP contribution in [0.4, 0.5) is 0 Å². The van der Waals surface area contributed by atoms with Crippen molar-refractivity contribution in [2.75, 3.05) is 0 Å². The van der Waals surface area contributed by atoms with Crippen LogP contribution in [0.2, 0.25) is 0 Å². The molecular weight excluding hydrogens is 224 g/mol. The van der Waals surface area contributed by atoms with E-state index in [1.807, 2.05) is 0 Å². The Morgan fingerprint density at radius 3 is 2.47 bits per heavy atom. The van der Waals surface area contributed by atoms with Crippen LogP contribution in [-0.2, 0) is 16.1 Å². The number of ether oxygens (including phenoxy) is 1. The van der Waals surface area contributed by atoms with Gasteiger partial charge < -0.3 is 9.72 Å². The highest BCUT2D eigenvalue weighted by Crippen LogP contribution is 2.06. The molecule has 6 heteroatoms. The van der Waals surface area contributed by atoms with Crippen LogP contribution in [0.3, 0.4) is 0 Å². The largest absolute Gasteiger partial charge is 0.459 e. The van der Waals surface area contributed by atoms with Crippen LogP contribution in [0.15, 0.2) is 15.7 Å². The minimum atomic E-state index is -0.641. The molecular formula is C11H16N2O4. The first-order valence-electron chi connectivity index (χ1n) is 5.21. The summed E-state index contributed by atoms with van der Waals surface area (Å²) in [4.78, 5) is 36.9. The highest BCUT2D eigenvalue weighted by molar-refractivity contribution is 5.69. The van der Waals surface area contributed by atoms with Gasteiger partial charge in [0.15, 0.2) is 0 Å². The molecule has 17 heavy (non-hydrogen) atoms. The third-order valence-electron chi connectivity index (χ3n) is 1.86. The Hall–Kier alpha value is -1.85. The van der Waals surface area contributed by atoms with Crippen LogP contribution < -0.4 is 11.2 Å². The van der Waals surface area contributed by atoms with Gasteiger partial charge in [0.1, 0.15) is 12.1 Å². The van der Waals surface area contributed by atoms with Crippen LogP contribution >= 0.6 is 0 Å². The maximum Gasteiger partial charge on any atom is 0.329 e. The average molecular weight is 240 g/mol. The fourth-order valence-electron chi connectivity index (χ4n) is 1.29. The van der Waals surface area contributed by atoms with E-state index in [-0.39, 0.29) is 6.54 Å². The zero-order chi connectivity index (χ0) is 13.2. The molecule has 0 saturated carbocycles. The minimum absolute atomic E-state index is 0.383. The van der Waals surface area contributed by atoms with Crippen molar-refractivity contribution < 1.29 is 9.53 Å². The molecule has 0 bridgehead atoms. The van der Waals surface area contributed by atoms with Gasteiger partial charge in [-0.25, -0.2) is 9.36 Å². The number of carbonyl (C=O) groups is 1. The van der Waals surface area contributed by atoms with Gasteiger partial charge in [-0.2, -0.15) is 0 Å². The summed E-state index contributed by atoms with van der Waals surface area (Å²) >= 11 is 0. The lowest BCUT2D eigenvalue weighted by molar-refractivity contribution is -0.155. The number of nitrogens with one attached hydrogen (secondary N) is 1. The fourth-order valence-corrected chi connectivity index (χ4v) is 1.29. The molecule has 1 heterocycles. The normalized spacial score (nSPS) is 11.3. The number of rotatable bonds is 2. The third kappa shape index (κ3) is 3.90. The van der Waals surface area contributed by atoms with E-state index in [1.54, 1.807) is 27.7 Å². The number of aromatic nitrogens is 2. The van der Waals surface area contributed by atoms with Gasteiger partial charge in [-0.3, -0.25) is 9.59 Å². The van der Waals surface area contributed by atoms with E-state index in [0.717, 1.165) is 4.57 Å². The lowest BCUT2D eigenvalue weighted by atomic mass is 10.2. The summed E-state index contributed by atoms with van der Waals surface area (Å²) < 4.78 is 5.84. The van der Waals surface area contributed by atoms with Crippen molar-refractivity contribution in [2.24, 2.45) is 0 Å². The van der Waals surface area contributed by atoms with E-state index in [9.17, 15) is 14.4 Å². The summed E-state index contributed by atoms with van der Waals surface area (Å²) in [7, 11) is 0. The van der Waals surface area contributed by atoms with Crippen LogP contribution in [0, 0.1) is 6.92 Å². The second-order valence-electron chi connectivity index (χ2n) is 4.77. The first-order chi connectivity index (χ1) is 7.69. The lowest BCUT2D eigenvalue weighted by Gasteiger charge is -2.19. The Balaban J connectivity index is 2.94. The molecule has 0 saturated heterocycles. The quantitative estimate of drug-likeness (QED) is 0.748. The molecule has 0 aromatic carbocycles. The number of esters is 1. The second kappa shape index (κ2) is 4.57.